The van der Waals surface area contributed by atoms with Gasteiger partial charge >= 0.3 is 6.18 Å². The second-order valence-electron chi connectivity index (χ2n) is 4.08. The molecule has 0 spiro atoms. The summed E-state index contributed by atoms with van der Waals surface area (Å²) >= 11 is 0. The van der Waals surface area contributed by atoms with Gasteiger partial charge in [0.15, 0.2) is 0 Å². The van der Waals surface area contributed by atoms with Gasteiger partial charge in [0.25, 0.3) is 0 Å². The van der Waals surface area contributed by atoms with Crippen molar-refractivity contribution in [3.63, 3.8) is 0 Å². The average molecular weight is 269 g/mol. The van der Waals surface area contributed by atoms with Crippen molar-refractivity contribution in [3.8, 4) is 11.1 Å². The molecule has 0 aliphatic rings. The zero-order valence-corrected chi connectivity index (χ0v) is 9.84. The van der Waals surface area contributed by atoms with Crippen LogP contribution in [0.3, 0.4) is 0 Å². The maximum absolute atomic E-state index is 12.8. The minimum Gasteiger partial charge on any atom is -0.326 e. The monoisotopic (exact) mass is 269 g/mol. The molecule has 0 unspecified atom stereocenters. The SMILES string of the molecule is NCc1ccc(C(F)(F)F)cc1-c1ccc(F)cc1. The third-order valence-corrected chi connectivity index (χ3v) is 2.81. The lowest BCUT2D eigenvalue weighted by Gasteiger charge is -2.13. The predicted octanol–water partition coefficient (Wildman–Crippen LogP) is 3.97. The summed E-state index contributed by atoms with van der Waals surface area (Å²) in [5, 5.41) is 0. The number of hydrogen-bond donors (Lipinski definition) is 1. The third kappa shape index (κ3) is 2.93. The van der Waals surface area contributed by atoms with Crippen molar-refractivity contribution in [1.82, 2.24) is 0 Å². The molecule has 0 atom stereocenters. The van der Waals surface area contributed by atoms with Crippen molar-refractivity contribution < 1.29 is 17.6 Å². The number of nitrogens with two attached hydrogens (primary N) is 1. The van der Waals surface area contributed by atoms with Gasteiger partial charge in [0, 0.05) is 6.54 Å². The Morgan fingerprint density at radius 3 is 2.11 bits per heavy atom. The van der Waals surface area contributed by atoms with Gasteiger partial charge in [-0.2, -0.15) is 13.2 Å². The molecule has 0 saturated heterocycles. The number of halogens is 4. The van der Waals surface area contributed by atoms with Crippen LogP contribution in [-0.2, 0) is 12.7 Å². The lowest BCUT2D eigenvalue weighted by Crippen LogP contribution is -2.07. The van der Waals surface area contributed by atoms with Crippen molar-refractivity contribution in [2.24, 2.45) is 5.73 Å². The molecule has 0 radical (unpaired) electrons. The van der Waals surface area contributed by atoms with E-state index in [9.17, 15) is 17.6 Å². The summed E-state index contributed by atoms with van der Waals surface area (Å²) in [6.45, 7) is 0.116. The topological polar surface area (TPSA) is 26.0 Å². The first kappa shape index (κ1) is 13.5. The van der Waals surface area contributed by atoms with Gasteiger partial charge in [-0.25, -0.2) is 4.39 Å². The van der Waals surface area contributed by atoms with E-state index in [1.165, 1.54) is 30.3 Å². The Balaban J connectivity index is 2.56. The van der Waals surface area contributed by atoms with E-state index in [0.29, 0.717) is 16.7 Å². The Bertz CT molecular complexity index is 573. The minimum atomic E-state index is -4.41. The molecular formula is C14H11F4N. The van der Waals surface area contributed by atoms with Crippen LogP contribution in [0, 0.1) is 5.82 Å². The van der Waals surface area contributed by atoms with E-state index in [1.54, 1.807) is 0 Å². The molecule has 2 aromatic rings. The Morgan fingerprint density at radius 1 is 0.947 bits per heavy atom. The highest BCUT2D eigenvalue weighted by molar-refractivity contribution is 5.68. The summed E-state index contributed by atoms with van der Waals surface area (Å²) in [5.74, 6) is -0.440. The van der Waals surface area contributed by atoms with Crippen molar-refractivity contribution in [1.29, 1.82) is 0 Å². The molecule has 2 N–H and O–H groups in total. The van der Waals surface area contributed by atoms with Gasteiger partial charge in [-0.15, -0.1) is 0 Å². The Kier molecular flexibility index (Phi) is 3.57. The molecule has 0 amide bonds. The van der Waals surface area contributed by atoms with Gasteiger partial charge in [-0.05, 0) is 41.0 Å². The number of benzene rings is 2. The highest BCUT2D eigenvalue weighted by atomic mass is 19.4. The van der Waals surface area contributed by atoms with Crippen LogP contribution in [-0.4, -0.2) is 0 Å². The van der Waals surface area contributed by atoms with E-state index in [4.69, 9.17) is 5.73 Å². The molecule has 0 aliphatic heterocycles. The van der Waals surface area contributed by atoms with E-state index in [2.05, 4.69) is 0 Å². The van der Waals surface area contributed by atoms with Crippen molar-refractivity contribution in [3.05, 3.63) is 59.4 Å². The predicted molar refractivity (Wildman–Crippen MR) is 64.7 cm³/mol. The molecule has 0 fully saturated rings. The van der Waals surface area contributed by atoms with Gasteiger partial charge in [0.05, 0.1) is 5.56 Å². The zero-order valence-electron chi connectivity index (χ0n) is 9.84. The average Bonchev–Trinajstić information content (AvgIpc) is 2.38. The van der Waals surface area contributed by atoms with E-state index < -0.39 is 17.6 Å². The molecular weight excluding hydrogens is 258 g/mol. The van der Waals surface area contributed by atoms with Gasteiger partial charge in [0.2, 0.25) is 0 Å². The summed E-state index contributed by atoms with van der Waals surface area (Å²) in [7, 11) is 0. The van der Waals surface area contributed by atoms with Crippen LogP contribution in [0.2, 0.25) is 0 Å². The van der Waals surface area contributed by atoms with Crippen LogP contribution in [0.1, 0.15) is 11.1 Å². The molecule has 0 saturated carbocycles. The van der Waals surface area contributed by atoms with E-state index in [1.807, 2.05) is 0 Å². The van der Waals surface area contributed by atoms with Crippen LogP contribution in [0.15, 0.2) is 42.5 Å². The summed E-state index contributed by atoms with van der Waals surface area (Å²) in [6, 6.07) is 8.66. The zero-order chi connectivity index (χ0) is 14.0. The first-order valence-electron chi connectivity index (χ1n) is 5.58. The Hall–Kier alpha value is -1.88. The normalized spacial score (nSPS) is 11.6. The fourth-order valence-electron chi connectivity index (χ4n) is 1.83. The van der Waals surface area contributed by atoms with E-state index >= 15 is 0 Å². The van der Waals surface area contributed by atoms with Gasteiger partial charge in [0.1, 0.15) is 5.82 Å². The number of alkyl halides is 3. The molecule has 0 aromatic heterocycles. The molecule has 0 bridgehead atoms. The maximum atomic E-state index is 12.8. The van der Waals surface area contributed by atoms with Crippen LogP contribution in [0.4, 0.5) is 17.6 Å². The molecule has 2 rings (SSSR count). The van der Waals surface area contributed by atoms with Crippen LogP contribution in [0.5, 0.6) is 0 Å². The summed E-state index contributed by atoms with van der Waals surface area (Å²) in [5.41, 5.74) is 6.24. The summed E-state index contributed by atoms with van der Waals surface area (Å²) in [4.78, 5) is 0. The maximum Gasteiger partial charge on any atom is 0.416 e. The summed E-state index contributed by atoms with van der Waals surface area (Å²) < 4.78 is 50.9. The quantitative estimate of drug-likeness (QED) is 0.820. The first-order chi connectivity index (χ1) is 8.91. The lowest BCUT2D eigenvalue weighted by molar-refractivity contribution is -0.137. The molecule has 100 valence electrons. The van der Waals surface area contributed by atoms with Crippen molar-refractivity contribution in [2.75, 3.05) is 0 Å². The standard InChI is InChI=1S/C14H11F4N/c15-12-5-2-9(3-6-12)13-7-11(14(16,17)18)4-1-10(13)8-19/h1-7H,8,19H2. The fourth-order valence-corrected chi connectivity index (χ4v) is 1.83. The lowest BCUT2D eigenvalue weighted by atomic mass is 9.97. The molecule has 2 aromatic carbocycles. The van der Waals surface area contributed by atoms with Crippen molar-refractivity contribution in [2.45, 2.75) is 12.7 Å². The van der Waals surface area contributed by atoms with Gasteiger partial charge in [-0.3, -0.25) is 0 Å². The first-order valence-corrected chi connectivity index (χ1v) is 5.58. The summed E-state index contributed by atoms with van der Waals surface area (Å²) in [6.07, 6.45) is -4.41. The smallest absolute Gasteiger partial charge is 0.326 e. The van der Waals surface area contributed by atoms with Crippen LogP contribution < -0.4 is 5.73 Å². The van der Waals surface area contributed by atoms with Gasteiger partial charge in [-0.1, -0.05) is 18.2 Å². The number of hydrogen-bond acceptors (Lipinski definition) is 1. The Morgan fingerprint density at radius 2 is 1.58 bits per heavy atom. The minimum absolute atomic E-state index is 0.116. The Labute approximate surface area is 107 Å². The molecule has 1 nitrogen and oxygen atoms in total. The molecule has 19 heavy (non-hydrogen) atoms. The fraction of sp³-hybridized carbons (Fsp3) is 0.143. The highest BCUT2D eigenvalue weighted by Gasteiger charge is 2.31. The van der Waals surface area contributed by atoms with Crippen molar-refractivity contribution >= 4 is 0 Å². The molecule has 0 heterocycles. The largest absolute Gasteiger partial charge is 0.416 e. The van der Waals surface area contributed by atoms with E-state index in [0.717, 1.165) is 12.1 Å². The molecule has 0 aliphatic carbocycles. The third-order valence-electron chi connectivity index (χ3n) is 2.81. The second kappa shape index (κ2) is 5.01. The second-order valence-corrected chi connectivity index (χ2v) is 4.08. The van der Waals surface area contributed by atoms with E-state index in [-0.39, 0.29) is 6.54 Å². The van der Waals surface area contributed by atoms with Crippen LogP contribution >= 0.6 is 0 Å². The highest BCUT2D eigenvalue weighted by Crippen LogP contribution is 2.34. The van der Waals surface area contributed by atoms with Crippen LogP contribution in [0.25, 0.3) is 11.1 Å². The molecule has 5 heteroatoms. The van der Waals surface area contributed by atoms with Gasteiger partial charge < -0.3 is 5.73 Å². The number of rotatable bonds is 2.